The summed E-state index contributed by atoms with van der Waals surface area (Å²) in [7, 11) is 0. The van der Waals surface area contributed by atoms with Gasteiger partial charge in [-0.15, -0.1) is 11.8 Å². The molecular weight excluding hydrogens is 486 g/mol. The second-order valence-corrected chi connectivity index (χ2v) is 9.69. The van der Waals surface area contributed by atoms with Gasteiger partial charge in [0.2, 0.25) is 0 Å². The number of aromatic nitrogens is 2. The molecule has 7 nitrogen and oxygen atoms in total. The molecule has 2 aromatic carbocycles. The fourth-order valence-corrected chi connectivity index (χ4v) is 4.98. The maximum atomic E-state index is 12.6. The Hall–Kier alpha value is -3.56. The first-order valence-corrected chi connectivity index (χ1v) is 13.0. The molecular formula is C29H27N3O4S. The second-order valence-electron chi connectivity index (χ2n) is 8.65. The smallest absolute Gasteiger partial charge is 0.257 e. The molecule has 0 aliphatic carbocycles. The number of ether oxygens (including phenoxy) is 2. The Bertz CT molecular complexity index is 1310. The van der Waals surface area contributed by atoms with Crippen LogP contribution in [0.1, 0.15) is 45.9 Å². The minimum Gasteiger partial charge on any atom is -0.392 e. The van der Waals surface area contributed by atoms with Crippen LogP contribution in [0, 0.1) is 0 Å². The normalized spacial score (nSPS) is 19.3. The summed E-state index contributed by atoms with van der Waals surface area (Å²) < 4.78 is 12.8. The number of carbonyl (C=O) groups is 1. The summed E-state index contributed by atoms with van der Waals surface area (Å²) in [6.07, 6.45) is 4.75. The van der Waals surface area contributed by atoms with Crippen LogP contribution in [0.5, 0.6) is 0 Å². The van der Waals surface area contributed by atoms with Gasteiger partial charge in [-0.05, 0) is 47.5 Å². The molecule has 5 rings (SSSR count). The number of anilines is 1. The lowest BCUT2D eigenvalue weighted by Crippen LogP contribution is -2.31. The molecule has 188 valence electrons. The Labute approximate surface area is 219 Å². The van der Waals surface area contributed by atoms with E-state index in [0.29, 0.717) is 17.7 Å². The van der Waals surface area contributed by atoms with E-state index >= 15 is 0 Å². The molecule has 0 bridgehead atoms. The predicted octanol–water partition coefficient (Wildman–Crippen LogP) is 5.56. The first-order valence-electron chi connectivity index (χ1n) is 12.0. The van der Waals surface area contributed by atoms with Gasteiger partial charge in [0.25, 0.3) is 5.91 Å². The number of hydrogen-bond acceptors (Lipinski definition) is 7. The van der Waals surface area contributed by atoms with Crippen molar-refractivity contribution in [2.45, 2.75) is 36.6 Å². The van der Waals surface area contributed by atoms with Gasteiger partial charge in [-0.25, -0.2) is 4.98 Å². The average Bonchev–Trinajstić information content (AvgIpc) is 2.97. The largest absolute Gasteiger partial charge is 0.392 e. The van der Waals surface area contributed by atoms with Crippen LogP contribution in [0.25, 0.3) is 0 Å². The van der Waals surface area contributed by atoms with E-state index in [9.17, 15) is 9.90 Å². The molecule has 1 saturated heterocycles. The fraction of sp³-hybridized carbons (Fsp3) is 0.207. The van der Waals surface area contributed by atoms with E-state index in [4.69, 9.17) is 9.47 Å². The minimum absolute atomic E-state index is 0.00155. The fourth-order valence-electron chi connectivity index (χ4n) is 4.10. The van der Waals surface area contributed by atoms with Gasteiger partial charge in [0.05, 0.1) is 29.4 Å². The highest BCUT2D eigenvalue weighted by molar-refractivity contribution is 7.99. The molecule has 1 aliphatic heterocycles. The first kappa shape index (κ1) is 25.1. The maximum Gasteiger partial charge on any atom is 0.257 e. The summed E-state index contributed by atoms with van der Waals surface area (Å²) in [5.74, 6) is 0.488. The van der Waals surface area contributed by atoms with Gasteiger partial charge in [-0.1, -0.05) is 42.5 Å². The van der Waals surface area contributed by atoms with Crippen LogP contribution in [0.15, 0.2) is 102 Å². The standard InChI is InChI=1S/C29H27N3O4S/c33-18-20-9-11-21(12-10-20)26-16-25(19-37-27-8-1-2-14-31-27)35-29(36-26)22-5-3-7-24(15-22)32-28(34)23-6-4-13-30-17-23/h1-15,17,25-26,29,33H,16,18-19H2,(H,32,34)/t25-,26+,29+/m0/s1. The number of pyridine rings is 2. The van der Waals surface area contributed by atoms with E-state index < -0.39 is 6.29 Å². The SMILES string of the molecule is O=C(Nc1cccc([C@@H]2O[C@H](CSc3ccccn3)C[C@H](c3ccc(CO)cc3)O2)c1)c1cccnc1. The number of aliphatic hydroxyl groups is 1. The van der Waals surface area contributed by atoms with Gasteiger partial charge >= 0.3 is 0 Å². The quantitative estimate of drug-likeness (QED) is 0.298. The van der Waals surface area contributed by atoms with Gasteiger partial charge in [0, 0.05) is 42.0 Å². The van der Waals surface area contributed by atoms with E-state index in [1.54, 1.807) is 36.3 Å². The van der Waals surface area contributed by atoms with Crippen molar-refractivity contribution in [3.8, 4) is 0 Å². The Morgan fingerprint density at radius 1 is 0.973 bits per heavy atom. The molecule has 0 spiro atoms. The van der Waals surface area contributed by atoms with E-state index in [2.05, 4.69) is 15.3 Å². The van der Waals surface area contributed by atoms with Crippen LogP contribution in [-0.4, -0.2) is 32.8 Å². The summed E-state index contributed by atoms with van der Waals surface area (Å²) in [6.45, 7) is -0.00155. The Kier molecular flexibility index (Phi) is 8.22. The van der Waals surface area contributed by atoms with Crippen molar-refractivity contribution in [2.24, 2.45) is 0 Å². The highest BCUT2D eigenvalue weighted by atomic mass is 32.2. The number of nitrogens with one attached hydrogen (secondary N) is 1. The van der Waals surface area contributed by atoms with Crippen molar-refractivity contribution in [1.29, 1.82) is 0 Å². The summed E-state index contributed by atoms with van der Waals surface area (Å²) in [4.78, 5) is 21.0. The van der Waals surface area contributed by atoms with Crippen molar-refractivity contribution >= 4 is 23.4 Å². The van der Waals surface area contributed by atoms with E-state index in [1.807, 2.05) is 66.7 Å². The predicted molar refractivity (Wildman–Crippen MR) is 142 cm³/mol. The maximum absolute atomic E-state index is 12.6. The van der Waals surface area contributed by atoms with Gasteiger partial charge in [0.1, 0.15) is 0 Å². The summed E-state index contributed by atoms with van der Waals surface area (Å²) in [6, 6.07) is 24.6. The number of rotatable bonds is 8. The summed E-state index contributed by atoms with van der Waals surface area (Å²) >= 11 is 1.65. The molecule has 3 heterocycles. The number of nitrogens with zero attached hydrogens (tertiary/aromatic N) is 2. The van der Waals surface area contributed by atoms with Crippen LogP contribution in [0.4, 0.5) is 5.69 Å². The zero-order valence-corrected chi connectivity index (χ0v) is 20.9. The highest BCUT2D eigenvalue weighted by Gasteiger charge is 2.32. The van der Waals surface area contributed by atoms with Crippen molar-refractivity contribution in [3.05, 3.63) is 120 Å². The average molecular weight is 514 g/mol. The van der Waals surface area contributed by atoms with Gasteiger partial charge in [0.15, 0.2) is 6.29 Å². The molecule has 1 fully saturated rings. The van der Waals surface area contributed by atoms with Crippen LogP contribution in [0.2, 0.25) is 0 Å². The molecule has 1 aliphatic rings. The number of amides is 1. The molecule has 0 radical (unpaired) electrons. The molecule has 0 saturated carbocycles. The van der Waals surface area contributed by atoms with Crippen LogP contribution >= 0.6 is 11.8 Å². The Balaban J connectivity index is 1.35. The van der Waals surface area contributed by atoms with E-state index in [1.165, 1.54) is 6.20 Å². The molecule has 0 unspecified atom stereocenters. The van der Waals surface area contributed by atoms with E-state index in [0.717, 1.165) is 27.5 Å². The third-order valence-electron chi connectivity index (χ3n) is 6.01. The molecule has 3 atom stereocenters. The lowest BCUT2D eigenvalue weighted by molar-refractivity contribution is -0.245. The minimum atomic E-state index is -0.610. The molecule has 4 aromatic rings. The van der Waals surface area contributed by atoms with Crippen LogP contribution < -0.4 is 5.32 Å². The van der Waals surface area contributed by atoms with Crippen molar-refractivity contribution in [2.75, 3.05) is 11.1 Å². The zero-order chi connectivity index (χ0) is 25.5. The number of carbonyl (C=O) groups excluding carboxylic acids is 1. The number of hydrogen-bond donors (Lipinski definition) is 2. The topological polar surface area (TPSA) is 93.6 Å². The summed E-state index contributed by atoms with van der Waals surface area (Å²) in [5.41, 5.74) is 3.82. The third-order valence-corrected chi connectivity index (χ3v) is 7.09. The number of thioether (sulfide) groups is 1. The lowest BCUT2D eigenvalue weighted by Gasteiger charge is -2.36. The number of aliphatic hydroxyl groups excluding tert-OH is 1. The third kappa shape index (κ3) is 6.61. The van der Waals surface area contributed by atoms with E-state index in [-0.39, 0.29) is 24.7 Å². The Morgan fingerprint density at radius 2 is 1.86 bits per heavy atom. The van der Waals surface area contributed by atoms with Crippen LogP contribution in [-0.2, 0) is 16.1 Å². The van der Waals surface area contributed by atoms with Crippen molar-refractivity contribution in [3.63, 3.8) is 0 Å². The highest BCUT2D eigenvalue weighted by Crippen LogP contribution is 2.39. The Morgan fingerprint density at radius 3 is 2.62 bits per heavy atom. The van der Waals surface area contributed by atoms with Gasteiger partial charge in [-0.3, -0.25) is 9.78 Å². The number of benzene rings is 2. The van der Waals surface area contributed by atoms with Gasteiger partial charge < -0.3 is 19.9 Å². The lowest BCUT2D eigenvalue weighted by atomic mass is 10.0. The van der Waals surface area contributed by atoms with Crippen molar-refractivity contribution < 1.29 is 19.4 Å². The molecule has 1 amide bonds. The zero-order valence-electron chi connectivity index (χ0n) is 20.1. The van der Waals surface area contributed by atoms with Gasteiger partial charge in [-0.2, -0.15) is 0 Å². The summed E-state index contributed by atoms with van der Waals surface area (Å²) in [5, 5.41) is 13.3. The molecule has 8 heteroatoms. The second kappa shape index (κ2) is 12.1. The molecule has 2 aromatic heterocycles. The first-order chi connectivity index (χ1) is 18.2. The van der Waals surface area contributed by atoms with Crippen LogP contribution in [0.3, 0.4) is 0 Å². The van der Waals surface area contributed by atoms with Crippen molar-refractivity contribution in [1.82, 2.24) is 9.97 Å². The molecule has 2 N–H and O–H groups in total. The molecule has 37 heavy (non-hydrogen) atoms. The monoisotopic (exact) mass is 513 g/mol.